The molecular formula is C43H37O5P. The molecule has 0 unspecified atom stereocenters. The summed E-state index contributed by atoms with van der Waals surface area (Å²) in [6.45, 7) is 3.91. The SMILES string of the molecule is CC1(C)O[C@@H]2[C@@H](O1)C(c1ccccc1)(c1ccccc1)OP(Oc1ccccc1-c1ccccc1)OC2(c1ccccc1)c1ccccc1. The van der Waals surface area contributed by atoms with Crippen LogP contribution >= 0.6 is 8.60 Å². The summed E-state index contributed by atoms with van der Waals surface area (Å²) in [5.41, 5.74) is 3.21. The first kappa shape index (κ1) is 31.6. The maximum absolute atomic E-state index is 7.49. The molecule has 2 aliphatic rings. The molecule has 0 radical (unpaired) electrons. The lowest BCUT2D eigenvalue weighted by Crippen LogP contribution is -2.53. The molecule has 49 heavy (non-hydrogen) atoms. The molecule has 5 nitrogen and oxygen atoms in total. The Morgan fingerprint density at radius 2 is 0.796 bits per heavy atom. The number of ether oxygens (including phenoxy) is 2. The molecule has 2 heterocycles. The predicted octanol–water partition coefficient (Wildman–Crippen LogP) is 10.4. The van der Waals surface area contributed by atoms with Gasteiger partial charge >= 0.3 is 8.60 Å². The van der Waals surface area contributed by atoms with Crippen LogP contribution in [0.25, 0.3) is 11.1 Å². The van der Waals surface area contributed by atoms with E-state index < -0.39 is 37.8 Å². The van der Waals surface area contributed by atoms with E-state index >= 15 is 0 Å². The van der Waals surface area contributed by atoms with Crippen molar-refractivity contribution in [3.8, 4) is 16.9 Å². The fraction of sp³-hybridized carbons (Fsp3) is 0.163. The molecule has 6 aromatic carbocycles. The summed E-state index contributed by atoms with van der Waals surface area (Å²) in [5, 5.41) is 0. The Kier molecular flexibility index (Phi) is 8.41. The van der Waals surface area contributed by atoms with E-state index in [9.17, 15) is 0 Å². The summed E-state index contributed by atoms with van der Waals surface area (Å²) < 4.78 is 36.2. The van der Waals surface area contributed by atoms with Crippen molar-refractivity contribution in [2.75, 3.05) is 0 Å². The average molecular weight is 665 g/mol. The predicted molar refractivity (Wildman–Crippen MR) is 193 cm³/mol. The Bertz CT molecular complexity index is 1810. The zero-order valence-corrected chi connectivity index (χ0v) is 28.3. The van der Waals surface area contributed by atoms with Crippen molar-refractivity contribution < 1.29 is 23.0 Å². The minimum atomic E-state index is -2.17. The summed E-state index contributed by atoms with van der Waals surface area (Å²) >= 11 is 0. The second kappa shape index (κ2) is 13.0. The average Bonchev–Trinajstić information content (AvgIpc) is 3.44. The normalized spacial score (nSPS) is 20.9. The smallest absolute Gasteiger partial charge is 0.399 e. The maximum atomic E-state index is 7.49. The molecule has 2 fully saturated rings. The van der Waals surface area contributed by atoms with Gasteiger partial charge in [0.15, 0.2) is 17.0 Å². The van der Waals surface area contributed by atoms with Crippen molar-refractivity contribution >= 4 is 8.60 Å². The van der Waals surface area contributed by atoms with E-state index in [0.29, 0.717) is 5.75 Å². The van der Waals surface area contributed by atoms with E-state index in [0.717, 1.165) is 33.4 Å². The lowest BCUT2D eigenvalue weighted by molar-refractivity contribution is -0.175. The van der Waals surface area contributed by atoms with Crippen molar-refractivity contribution in [1.29, 1.82) is 0 Å². The zero-order valence-electron chi connectivity index (χ0n) is 27.4. The largest absolute Gasteiger partial charge is 0.426 e. The van der Waals surface area contributed by atoms with E-state index in [4.69, 9.17) is 23.0 Å². The highest BCUT2D eigenvalue weighted by Crippen LogP contribution is 2.65. The monoisotopic (exact) mass is 664 g/mol. The van der Waals surface area contributed by atoms with Crippen molar-refractivity contribution in [3.05, 3.63) is 198 Å². The Morgan fingerprint density at radius 1 is 0.449 bits per heavy atom. The maximum Gasteiger partial charge on any atom is 0.399 e. The van der Waals surface area contributed by atoms with Gasteiger partial charge in [0.1, 0.15) is 18.0 Å². The van der Waals surface area contributed by atoms with Gasteiger partial charge in [-0.15, -0.1) is 0 Å². The molecule has 0 aliphatic carbocycles. The summed E-state index contributed by atoms with van der Waals surface area (Å²) in [7, 11) is -2.17. The van der Waals surface area contributed by atoms with Crippen LogP contribution < -0.4 is 4.52 Å². The first-order valence-electron chi connectivity index (χ1n) is 16.6. The summed E-state index contributed by atoms with van der Waals surface area (Å²) in [4.78, 5) is 0. The third kappa shape index (κ3) is 5.68. The van der Waals surface area contributed by atoms with Crippen LogP contribution in [-0.2, 0) is 29.7 Å². The van der Waals surface area contributed by atoms with Crippen molar-refractivity contribution in [2.45, 2.75) is 43.0 Å². The first-order chi connectivity index (χ1) is 24.0. The van der Waals surface area contributed by atoms with E-state index in [1.165, 1.54) is 0 Å². The molecule has 0 bridgehead atoms. The lowest BCUT2D eigenvalue weighted by atomic mass is 9.72. The Morgan fingerprint density at radius 3 is 1.20 bits per heavy atom. The van der Waals surface area contributed by atoms with Gasteiger partial charge in [0.25, 0.3) is 0 Å². The zero-order chi connectivity index (χ0) is 33.3. The highest BCUT2D eigenvalue weighted by molar-refractivity contribution is 7.42. The van der Waals surface area contributed by atoms with E-state index in [1.54, 1.807) is 0 Å². The Labute approximate surface area is 289 Å². The molecule has 2 aliphatic heterocycles. The van der Waals surface area contributed by atoms with Gasteiger partial charge in [0, 0.05) is 5.56 Å². The third-order valence-corrected chi connectivity index (χ3v) is 10.5. The van der Waals surface area contributed by atoms with E-state index in [2.05, 4.69) is 66.7 Å². The van der Waals surface area contributed by atoms with Crippen molar-refractivity contribution in [1.82, 2.24) is 0 Å². The highest BCUT2D eigenvalue weighted by atomic mass is 31.2. The van der Waals surface area contributed by atoms with Crippen LogP contribution in [0, 0.1) is 0 Å². The van der Waals surface area contributed by atoms with Gasteiger partial charge in [-0.05, 0) is 47.7 Å². The third-order valence-electron chi connectivity index (χ3n) is 9.29. The van der Waals surface area contributed by atoms with Gasteiger partial charge in [0.05, 0.1) is 0 Å². The molecule has 0 amide bonds. The number of para-hydroxylation sites is 1. The molecule has 0 saturated carbocycles. The molecule has 244 valence electrons. The number of fused-ring (bicyclic) bond motifs is 1. The van der Waals surface area contributed by atoms with Crippen LogP contribution in [-0.4, -0.2) is 18.0 Å². The van der Waals surface area contributed by atoms with E-state index in [1.807, 2.05) is 123 Å². The molecule has 0 spiro atoms. The highest BCUT2D eigenvalue weighted by Gasteiger charge is 2.67. The molecule has 2 atom stereocenters. The van der Waals surface area contributed by atoms with E-state index in [-0.39, 0.29) is 0 Å². The lowest BCUT2D eigenvalue weighted by Gasteiger charge is -2.41. The minimum Gasteiger partial charge on any atom is -0.426 e. The molecule has 8 rings (SSSR count). The van der Waals surface area contributed by atoms with Crippen LogP contribution in [0.5, 0.6) is 5.75 Å². The summed E-state index contributed by atoms with van der Waals surface area (Å²) in [5.74, 6) is -0.314. The van der Waals surface area contributed by atoms with Crippen molar-refractivity contribution in [2.24, 2.45) is 0 Å². The number of benzene rings is 6. The van der Waals surface area contributed by atoms with Crippen LogP contribution in [0.1, 0.15) is 36.1 Å². The van der Waals surface area contributed by atoms with Crippen molar-refractivity contribution in [3.63, 3.8) is 0 Å². The second-order valence-corrected chi connectivity index (χ2v) is 13.8. The first-order valence-corrected chi connectivity index (χ1v) is 17.7. The van der Waals surface area contributed by atoms with Gasteiger partial charge in [0.2, 0.25) is 0 Å². The second-order valence-electron chi connectivity index (χ2n) is 12.8. The van der Waals surface area contributed by atoms with Gasteiger partial charge < -0.3 is 14.0 Å². The fourth-order valence-corrected chi connectivity index (χ4v) is 8.71. The number of hydrogen-bond acceptors (Lipinski definition) is 5. The van der Waals surface area contributed by atoms with Gasteiger partial charge in [-0.1, -0.05) is 170 Å². The molecule has 2 saturated heterocycles. The fourth-order valence-electron chi connectivity index (χ4n) is 7.18. The van der Waals surface area contributed by atoms with Gasteiger partial charge in [-0.25, -0.2) is 0 Å². The summed E-state index contributed by atoms with van der Waals surface area (Å²) in [6, 6.07) is 59.2. The molecule has 0 N–H and O–H groups in total. The van der Waals surface area contributed by atoms with Crippen LogP contribution in [0.3, 0.4) is 0 Å². The summed E-state index contributed by atoms with van der Waals surface area (Å²) in [6.07, 6.45) is -1.35. The van der Waals surface area contributed by atoms with Crippen LogP contribution in [0.15, 0.2) is 176 Å². The number of hydrogen-bond donors (Lipinski definition) is 0. The van der Waals surface area contributed by atoms with Gasteiger partial charge in [-0.2, -0.15) is 0 Å². The van der Waals surface area contributed by atoms with Crippen LogP contribution in [0.4, 0.5) is 0 Å². The Balaban J connectivity index is 1.42. The molecule has 6 heteroatoms. The van der Waals surface area contributed by atoms with Crippen LogP contribution in [0.2, 0.25) is 0 Å². The Hall–Kier alpha value is -4.61. The van der Waals surface area contributed by atoms with Gasteiger partial charge in [-0.3, -0.25) is 9.05 Å². The molecule has 6 aromatic rings. The molecule has 0 aromatic heterocycles. The molecular weight excluding hydrogens is 627 g/mol. The topological polar surface area (TPSA) is 46.2 Å². The number of rotatable bonds is 7. The standard InChI is InChI=1S/C43H37O5P/c1-41(2)44-39-40(45-41)43(35-26-14-6-15-27-35,36-28-16-7-17-29-36)48-49(46-38-31-19-18-30-37(38)32-20-8-3-9-21-32)47-42(39,33-22-10-4-11-23-33)34-24-12-5-13-25-34/h3-31,39-40H,1-2H3/t39-,40-/m1/s1. The minimum absolute atomic E-state index is 0.652. The quantitative estimate of drug-likeness (QED) is 0.159.